The Morgan fingerprint density at radius 1 is 1.04 bits per heavy atom. The number of anilines is 2. The summed E-state index contributed by atoms with van der Waals surface area (Å²) in [6, 6.07) is 10.6. The van der Waals surface area contributed by atoms with E-state index in [1.165, 1.54) is 12.1 Å². The smallest absolute Gasteiger partial charge is 0.403 e. The lowest BCUT2D eigenvalue weighted by Crippen LogP contribution is -2.05. The standard InChI is InChI=1S/C19H13F3N4OS/c20-19(21,22)13-2-1-3-14(11-13)24-18-26-25-17(27-18)15-6-9-28-16(15)10-12-4-7-23-8-5-12/h1-9,11H,10H2,(H,24,26). The molecular formula is C19H13F3N4OS. The average Bonchev–Trinajstić information content (AvgIpc) is 3.31. The summed E-state index contributed by atoms with van der Waals surface area (Å²) in [6.45, 7) is 0. The van der Waals surface area contributed by atoms with Crippen molar-refractivity contribution in [2.24, 2.45) is 0 Å². The van der Waals surface area contributed by atoms with Crippen LogP contribution in [-0.4, -0.2) is 15.2 Å². The topological polar surface area (TPSA) is 63.8 Å². The Hall–Kier alpha value is -3.20. The fourth-order valence-electron chi connectivity index (χ4n) is 2.63. The van der Waals surface area contributed by atoms with Crippen LogP contribution < -0.4 is 5.32 Å². The van der Waals surface area contributed by atoms with Gasteiger partial charge in [-0.15, -0.1) is 16.4 Å². The summed E-state index contributed by atoms with van der Waals surface area (Å²) in [5, 5.41) is 12.6. The van der Waals surface area contributed by atoms with Crippen LogP contribution in [0.5, 0.6) is 0 Å². The molecule has 28 heavy (non-hydrogen) atoms. The monoisotopic (exact) mass is 402 g/mol. The van der Waals surface area contributed by atoms with E-state index in [1.54, 1.807) is 23.7 Å². The van der Waals surface area contributed by atoms with Crippen LogP contribution in [0.25, 0.3) is 11.5 Å². The summed E-state index contributed by atoms with van der Waals surface area (Å²) in [5.41, 5.74) is 1.36. The van der Waals surface area contributed by atoms with Crippen molar-refractivity contribution in [2.75, 3.05) is 5.32 Å². The van der Waals surface area contributed by atoms with Crippen molar-refractivity contribution in [2.45, 2.75) is 12.6 Å². The van der Waals surface area contributed by atoms with E-state index >= 15 is 0 Å². The fraction of sp³-hybridized carbons (Fsp3) is 0.105. The number of benzene rings is 1. The average molecular weight is 402 g/mol. The molecule has 4 rings (SSSR count). The number of halogens is 3. The number of aromatic nitrogens is 3. The summed E-state index contributed by atoms with van der Waals surface area (Å²) in [6.07, 6.45) is -0.274. The van der Waals surface area contributed by atoms with Crippen molar-refractivity contribution in [1.29, 1.82) is 0 Å². The summed E-state index contributed by atoms with van der Waals surface area (Å²) < 4.78 is 44.1. The minimum atomic E-state index is -4.42. The van der Waals surface area contributed by atoms with Gasteiger partial charge in [0.15, 0.2) is 0 Å². The Morgan fingerprint density at radius 3 is 2.64 bits per heavy atom. The van der Waals surface area contributed by atoms with Crippen LogP contribution in [0.4, 0.5) is 24.9 Å². The van der Waals surface area contributed by atoms with Gasteiger partial charge in [0.2, 0.25) is 0 Å². The van der Waals surface area contributed by atoms with Crippen molar-refractivity contribution >= 4 is 23.0 Å². The molecule has 1 aromatic carbocycles. The number of nitrogens with one attached hydrogen (secondary N) is 1. The number of rotatable bonds is 5. The van der Waals surface area contributed by atoms with Gasteiger partial charge >= 0.3 is 12.2 Å². The van der Waals surface area contributed by atoms with E-state index in [4.69, 9.17) is 4.42 Å². The molecule has 0 bridgehead atoms. The Bertz CT molecular complexity index is 1080. The Morgan fingerprint density at radius 2 is 1.86 bits per heavy atom. The molecule has 0 saturated heterocycles. The maximum absolute atomic E-state index is 12.8. The van der Waals surface area contributed by atoms with Crippen molar-refractivity contribution in [3.8, 4) is 11.5 Å². The second-order valence-electron chi connectivity index (χ2n) is 5.91. The molecule has 4 aromatic rings. The lowest BCUT2D eigenvalue weighted by Gasteiger charge is -2.08. The van der Waals surface area contributed by atoms with Crippen LogP contribution in [0.15, 0.2) is 64.7 Å². The van der Waals surface area contributed by atoms with Crippen molar-refractivity contribution in [3.05, 3.63) is 76.2 Å². The molecule has 1 N–H and O–H groups in total. The SMILES string of the molecule is FC(F)(F)c1cccc(Nc2nnc(-c3ccsc3Cc3ccncc3)o2)c1. The van der Waals surface area contributed by atoms with Gasteiger partial charge < -0.3 is 9.73 Å². The van der Waals surface area contributed by atoms with Gasteiger partial charge in [-0.2, -0.15) is 13.2 Å². The molecule has 3 heterocycles. The predicted molar refractivity (Wildman–Crippen MR) is 99.4 cm³/mol. The third-order valence-corrected chi connectivity index (χ3v) is 4.88. The third kappa shape index (κ3) is 4.04. The zero-order chi connectivity index (χ0) is 19.6. The molecule has 0 fully saturated rings. The van der Waals surface area contributed by atoms with Crippen LogP contribution in [0, 0.1) is 0 Å². The number of hydrogen-bond donors (Lipinski definition) is 1. The number of pyridine rings is 1. The van der Waals surface area contributed by atoms with Crippen LogP contribution in [-0.2, 0) is 12.6 Å². The molecule has 5 nitrogen and oxygen atoms in total. The molecule has 142 valence electrons. The van der Waals surface area contributed by atoms with E-state index in [0.29, 0.717) is 12.3 Å². The molecule has 0 atom stereocenters. The second-order valence-corrected chi connectivity index (χ2v) is 6.91. The maximum atomic E-state index is 12.8. The molecule has 3 aromatic heterocycles. The van der Waals surface area contributed by atoms with E-state index < -0.39 is 11.7 Å². The van der Waals surface area contributed by atoms with Gasteiger partial charge in [-0.25, -0.2) is 0 Å². The fourth-order valence-corrected chi connectivity index (χ4v) is 3.53. The van der Waals surface area contributed by atoms with Crippen LogP contribution >= 0.6 is 11.3 Å². The third-order valence-electron chi connectivity index (χ3n) is 3.96. The minimum Gasteiger partial charge on any atom is -0.403 e. The van der Waals surface area contributed by atoms with E-state index in [-0.39, 0.29) is 11.7 Å². The van der Waals surface area contributed by atoms with Crippen molar-refractivity contribution < 1.29 is 17.6 Å². The van der Waals surface area contributed by atoms with E-state index in [0.717, 1.165) is 28.1 Å². The van der Waals surface area contributed by atoms with Crippen LogP contribution in [0.1, 0.15) is 16.0 Å². The molecule has 0 saturated carbocycles. The van der Waals surface area contributed by atoms with E-state index in [2.05, 4.69) is 20.5 Å². The normalized spacial score (nSPS) is 11.5. The summed E-state index contributed by atoms with van der Waals surface area (Å²) in [7, 11) is 0. The molecule has 0 spiro atoms. The van der Waals surface area contributed by atoms with Crippen molar-refractivity contribution in [1.82, 2.24) is 15.2 Å². The minimum absolute atomic E-state index is 0.0235. The van der Waals surface area contributed by atoms with Gasteiger partial charge in [0.05, 0.1) is 11.1 Å². The quantitative estimate of drug-likeness (QED) is 0.474. The predicted octanol–water partition coefficient (Wildman–Crippen LogP) is 5.55. The first-order chi connectivity index (χ1) is 13.5. The van der Waals surface area contributed by atoms with Crippen LogP contribution in [0.3, 0.4) is 0 Å². The van der Waals surface area contributed by atoms with Gasteiger partial charge in [0.1, 0.15) is 0 Å². The van der Waals surface area contributed by atoms with E-state index in [1.807, 2.05) is 23.6 Å². The van der Waals surface area contributed by atoms with Gasteiger partial charge in [0, 0.05) is 29.4 Å². The molecule has 0 aliphatic carbocycles. The molecular weight excluding hydrogens is 389 g/mol. The first kappa shape index (κ1) is 18.2. The highest BCUT2D eigenvalue weighted by atomic mass is 32.1. The second kappa shape index (κ2) is 7.43. The van der Waals surface area contributed by atoms with Gasteiger partial charge in [-0.3, -0.25) is 4.98 Å². The number of alkyl halides is 3. The summed E-state index contributed by atoms with van der Waals surface area (Å²) >= 11 is 1.56. The molecule has 9 heteroatoms. The Balaban J connectivity index is 1.54. The molecule has 0 radical (unpaired) electrons. The van der Waals surface area contributed by atoms with Gasteiger partial charge in [-0.1, -0.05) is 11.2 Å². The molecule has 0 amide bonds. The zero-order valence-corrected chi connectivity index (χ0v) is 15.1. The largest absolute Gasteiger partial charge is 0.416 e. The van der Waals surface area contributed by atoms with Crippen LogP contribution in [0.2, 0.25) is 0 Å². The summed E-state index contributed by atoms with van der Waals surface area (Å²) in [4.78, 5) is 5.05. The van der Waals surface area contributed by atoms with E-state index in [9.17, 15) is 13.2 Å². The Kier molecular flexibility index (Phi) is 4.82. The lowest BCUT2D eigenvalue weighted by molar-refractivity contribution is -0.137. The Labute approximate surface area is 161 Å². The number of nitrogens with zero attached hydrogens (tertiary/aromatic N) is 3. The van der Waals surface area contributed by atoms with Gasteiger partial charge in [0.25, 0.3) is 5.89 Å². The molecule has 0 aliphatic rings. The summed E-state index contributed by atoms with van der Waals surface area (Å²) in [5.74, 6) is 0.305. The number of thiophene rings is 1. The first-order valence-corrected chi connectivity index (χ1v) is 9.10. The highest BCUT2D eigenvalue weighted by Gasteiger charge is 2.30. The highest BCUT2D eigenvalue weighted by Crippen LogP contribution is 2.33. The lowest BCUT2D eigenvalue weighted by atomic mass is 10.1. The first-order valence-electron chi connectivity index (χ1n) is 8.22. The zero-order valence-electron chi connectivity index (χ0n) is 14.3. The molecule has 0 aliphatic heterocycles. The number of hydrogen-bond acceptors (Lipinski definition) is 6. The van der Waals surface area contributed by atoms with Gasteiger partial charge in [-0.05, 0) is 47.3 Å². The maximum Gasteiger partial charge on any atom is 0.416 e. The highest BCUT2D eigenvalue weighted by molar-refractivity contribution is 7.10. The van der Waals surface area contributed by atoms with Crippen molar-refractivity contribution in [3.63, 3.8) is 0 Å². The molecule has 0 unspecified atom stereocenters.